The Morgan fingerprint density at radius 1 is 1.25 bits per heavy atom. The van der Waals surface area contributed by atoms with Gasteiger partial charge in [-0.2, -0.15) is 0 Å². The Kier molecular flexibility index (Phi) is 4.03. The van der Waals surface area contributed by atoms with Crippen LogP contribution in [-0.4, -0.2) is 54.9 Å². The normalized spacial score (nSPS) is 23.7. The van der Waals surface area contributed by atoms with E-state index in [1.165, 1.54) is 0 Å². The van der Waals surface area contributed by atoms with Crippen molar-refractivity contribution in [3.05, 3.63) is 11.6 Å². The second-order valence-corrected chi connectivity index (χ2v) is 5.14. The molecule has 0 aliphatic carbocycles. The van der Waals surface area contributed by atoms with Gasteiger partial charge in [-0.25, -0.2) is 0 Å². The topological polar surface area (TPSA) is 109 Å². The summed E-state index contributed by atoms with van der Waals surface area (Å²) in [6.07, 6.45) is 0.336. The van der Waals surface area contributed by atoms with Crippen LogP contribution in [0.3, 0.4) is 0 Å². The number of hydrogen-bond acceptors (Lipinski definition) is 5. The molecule has 0 radical (unpaired) electrons. The number of likely N-dealkylation sites (tertiary alicyclic amines) is 1. The number of piperidine rings is 1. The third-order valence-electron chi connectivity index (χ3n) is 3.88. The summed E-state index contributed by atoms with van der Waals surface area (Å²) in [4.78, 5) is 24.2. The van der Waals surface area contributed by atoms with E-state index in [0.29, 0.717) is 19.5 Å². The Balaban J connectivity index is 2.07. The minimum Gasteiger partial charge on any atom is -0.481 e. The summed E-state index contributed by atoms with van der Waals surface area (Å²) >= 11 is 0. The number of carboxylic acid groups (broad SMARTS) is 2. The summed E-state index contributed by atoms with van der Waals surface area (Å²) in [7, 11) is 1.85. The molecule has 0 aromatic carbocycles. The van der Waals surface area contributed by atoms with E-state index in [-0.39, 0.29) is 6.54 Å². The molecule has 20 heavy (non-hydrogen) atoms. The molecule has 0 amide bonds. The molecule has 2 N–H and O–H groups in total. The molecule has 1 fully saturated rings. The van der Waals surface area contributed by atoms with Crippen molar-refractivity contribution in [2.24, 2.45) is 18.9 Å². The van der Waals surface area contributed by atoms with Crippen molar-refractivity contribution in [2.45, 2.75) is 19.9 Å². The van der Waals surface area contributed by atoms with Gasteiger partial charge < -0.3 is 14.8 Å². The minimum absolute atomic E-state index is 0.220. The van der Waals surface area contributed by atoms with Crippen LogP contribution >= 0.6 is 0 Å². The van der Waals surface area contributed by atoms with E-state index in [1.807, 2.05) is 23.4 Å². The molecule has 1 aliphatic heterocycles. The van der Waals surface area contributed by atoms with Gasteiger partial charge in [-0.3, -0.25) is 14.5 Å². The maximum absolute atomic E-state index is 11.2. The highest BCUT2D eigenvalue weighted by molar-refractivity contribution is 5.80. The Labute approximate surface area is 116 Å². The average Bonchev–Trinajstić information content (AvgIpc) is 2.70. The number of nitrogens with zero attached hydrogens (tertiary/aromatic N) is 4. The highest BCUT2D eigenvalue weighted by atomic mass is 16.4. The summed E-state index contributed by atoms with van der Waals surface area (Å²) in [5, 5.41) is 26.2. The monoisotopic (exact) mass is 282 g/mol. The maximum atomic E-state index is 11.2. The predicted molar refractivity (Wildman–Crippen MR) is 67.9 cm³/mol. The molecular formula is C12H18N4O4. The predicted octanol–water partition coefficient (Wildman–Crippen LogP) is -0.269. The summed E-state index contributed by atoms with van der Waals surface area (Å²) < 4.78 is 1.85. The van der Waals surface area contributed by atoms with Crippen molar-refractivity contribution in [3.8, 4) is 0 Å². The average molecular weight is 282 g/mol. The molecule has 0 saturated carbocycles. The lowest BCUT2D eigenvalue weighted by molar-refractivity contribution is -0.157. The minimum atomic E-state index is -1.06. The van der Waals surface area contributed by atoms with Gasteiger partial charge in [0.1, 0.15) is 11.6 Å². The first-order valence-electron chi connectivity index (χ1n) is 6.43. The SMILES string of the molecule is Cc1nnc(CN2CCC(C(=O)O)C(C(=O)O)C2)n1C. The number of aliphatic carboxylic acids is 2. The molecule has 0 spiro atoms. The lowest BCUT2D eigenvalue weighted by Gasteiger charge is -2.34. The van der Waals surface area contributed by atoms with Crippen molar-refractivity contribution in [3.63, 3.8) is 0 Å². The lowest BCUT2D eigenvalue weighted by Crippen LogP contribution is -2.46. The lowest BCUT2D eigenvalue weighted by atomic mass is 9.85. The molecule has 1 saturated heterocycles. The molecule has 0 bridgehead atoms. The van der Waals surface area contributed by atoms with Gasteiger partial charge in [0.25, 0.3) is 0 Å². The standard InChI is InChI=1S/C12H18N4O4/c1-7-13-14-10(15(7)2)6-16-4-3-8(11(17)18)9(5-16)12(19)20/h8-9H,3-6H2,1-2H3,(H,17,18)(H,19,20). The van der Waals surface area contributed by atoms with Crippen molar-refractivity contribution in [1.29, 1.82) is 0 Å². The second kappa shape index (κ2) is 5.58. The molecular weight excluding hydrogens is 264 g/mol. The fourth-order valence-corrected chi connectivity index (χ4v) is 2.50. The first-order valence-corrected chi connectivity index (χ1v) is 6.43. The van der Waals surface area contributed by atoms with E-state index < -0.39 is 23.8 Å². The van der Waals surface area contributed by atoms with E-state index in [0.717, 1.165) is 11.6 Å². The number of carboxylic acids is 2. The van der Waals surface area contributed by atoms with Crippen LogP contribution in [-0.2, 0) is 23.2 Å². The molecule has 1 aromatic rings. The van der Waals surface area contributed by atoms with Gasteiger partial charge in [0.2, 0.25) is 0 Å². The molecule has 2 heterocycles. The molecule has 110 valence electrons. The van der Waals surface area contributed by atoms with Gasteiger partial charge in [0.15, 0.2) is 0 Å². The quantitative estimate of drug-likeness (QED) is 0.782. The summed E-state index contributed by atoms with van der Waals surface area (Å²) in [6, 6.07) is 0. The van der Waals surface area contributed by atoms with Crippen LogP contribution in [0, 0.1) is 18.8 Å². The van der Waals surface area contributed by atoms with E-state index in [4.69, 9.17) is 5.11 Å². The van der Waals surface area contributed by atoms with E-state index in [1.54, 1.807) is 0 Å². The van der Waals surface area contributed by atoms with Crippen molar-refractivity contribution in [1.82, 2.24) is 19.7 Å². The van der Waals surface area contributed by atoms with Crippen LogP contribution in [0.4, 0.5) is 0 Å². The third-order valence-corrected chi connectivity index (χ3v) is 3.88. The van der Waals surface area contributed by atoms with Gasteiger partial charge >= 0.3 is 11.9 Å². The Morgan fingerprint density at radius 3 is 2.40 bits per heavy atom. The number of aromatic nitrogens is 3. The van der Waals surface area contributed by atoms with Gasteiger partial charge in [-0.05, 0) is 19.9 Å². The Hall–Kier alpha value is -1.96. The number of hydrogen-bond donors (Lipinski definition) is 2. The number of aryl methyl sites for hydroxylation is 1. The van der Waals surface area contributed by atoms with Crippen LogP contribution in [0.25, 0.3) is 0 Å². The van der Waals surface area contributed by atoms with E-state index >= 15 is 0 Å². The molecule has 1 aromatic heterocycles. The fourth-order valence-electron chi connectivity index (χ4n) is 2.50. The zero-order chi connectivity index (χ0) is 14.9. The van der Waals surface area contributed by atoms with E-state index in [2.05, 4.69) is 10.2 Å². The van der Waals surface area contributed by atoms with Crippen LogP contribution in [0.15, 0.2) is 0 Å². The van der Waals surface area contributed by atoms with Gasteiger partial charge in [0.05, 0.1) is 18.4 Å². The largest absolute Gasteiger partial charge is 0.481 e. The molecule has 8 nitrogen and oxygen atoms in total. The Bertz CT molecular complexity index is 528. The summed E-state index contributed by atoms with van der Waals surface area (Å²) in [5.41, 5.74) is 0. The molecule has 2 unspecified atom stereocenters. The van der Waals surface area contributed by atoms with Gasteiger partial charge in [0, 0.05) is 13.6 Å². The second-order valence-electron chi connectivity index (χ2n) is 5.14. The van der Waals surface area contributed by atoms with Crippen molar-refractivity contribution in [2.75, 3.05) is 13.1 Å². The molecule has 2 atom stereocenters. The maximum Gasteiger partial charge on any atom is 0.308 e. The Morgan fingerprint density at radius 2 is 1.90 bits per heavy atom. The fraction of sp³-hybridized carbons (Fsp3) is 0.667. The zero-order valence-corrected chi connectivity index (χ0v) is 11.5. The third kappa shape index (κ3) is 2.79. The zero-order valence-electron chi connectivity index (χ0n) is 11.5. The first kappa shape index (κ1) is 14.4. The van der Waals surface area contributed by atoms with Crippen LogP contribution < -0.4 is 0 Å². The first-order chi connectivity index (χ1) is 9.40. The van der Waals surface area contributed by atoms with Crippen LogP contribution in [0.5, 0.6) is 0 Å². The number of carbonyl (C=O) groups is 2. The van der Waals surface area contributed by atoms with Gasteiger partial charge in [-0.1, -0.05) is 0 Å². The highest BCUT2D eigenvalue weighted by Crippen LogP contribution is 2.25. The smallest absolute Gasteiger partial charge is 0.308 e. The van der Waals surface area contributed by atoms with Crippen LogP contribution in [0.2, 0.25) is 0 Å². The molecule has 8 heteroatoms. The van der Waals surface area contributed by atoms with Gasteiger partial charge in [-0.15, -0.1) is 10.2 Å². The van der Waals surface area contributed by atoms with Crippen LogP contribution in [0.1, 0.15) is 18.1 Å². The highest BCUT2D eigenvalue weighted by Gasteiger charge is 2.38. The summed E-state index contributed by atoms with van der Waals surface area (Å²) in [6.45, 7) is 3.09. The number of rotatable bonds is 4. The van der Waals surface area contributed by atoms with Crippen molar-refractivity contribution >= 4 is 11.9 Å². The van der Waals surface area contributed by atoms with E-state index in [9.17, 15) is 14.7 Å². The molecule has 2 rings (SSSR count). The molecule has 1 aliphatic rings. The summed E-state index contributed by atoms with van der Waals surface area (Å²) in [5.74, 6) is -2.25. The van der Waals surface area contributed by atoms with Crippen molar-refractivity contribution < 1.29 is 19.8 Å².